The third kappa shape index (κ3) is 1.80. The molecule has 1 saturated carbocycles. The molecule has 1 aliphatic rings. The quantitative estimate of drug-likeness (QED) is 0.821. The lowest BCUT2D eigenvalue weighted by atomic mass is 10.0. The third-order valence-corrected chi connectivity index (χ3v) is 3.47. The van der Waals surface area contributed by atoms with Gasteiger partial charge in [-0.05, 0) is 23.3 Å². The monoisotopic (exact) mass is 238 g/mol. The molecule has 2 heteroatoms. The summed E-state index contributed by atoms with van der Waals surface area (Å²) in [6.07, 6.45) is 0. The Labute approximate surface area is 106 Å². The lowest BCUT2D eigenvalue weighted by molar-refractivity contribution is -0.110. The first-order chi connectivity index (χ1) is 8.81. The standard InChI is InChI=1S/C16H14O2/c1-18-13-9-7-12(8-10-13)15-14(16(15)17)11-5-3-2-4-6-11/h2-10,14-15H,1H3. The number of carbonyl (C=O) groups is 1. The Morgan fingerprint density at radius 2 is 1.39 bits per heavy atom. The van der Waals surface area contributed by atoms with Crippen LogP contribution in [0.5, 0.6) is 5.75 Å². The van der Waals surface area contributed by atoms with Gasteiger partial charge in [0.2, 0.25) is 0 Å². The first kappa shape index (κ1) is 11.0. The number of carbonyl (C=O) groups excluding carboxylic acids is 1. The summed E-state index contributed by atoms with van der Waals surface area (Å²) >= 11 is 0. The van der Waals surface area contributed by atoms with Crippen LogP contribution in [0.1, 0.15) is 23.0 Å². The van der Waals surface area contributed by atoms with Gasteiger partial charge in [0.05, 0.1) is 18.9 Å². The summed E-state index contributed by atoms with van der Waals surface area (Å²) in [6.45, 7) is 0. The van der Waals surface area contributed by atoms with Gasteiger partial charge in [-0.25, -0.2) is 0 Å². The van der Waals surface area contributed by atoms with Crippen molar-refractivity contribution in [2.45, 2.75) is 11.8 Å². The van der Waals surface area contributed by atoms with Crippen LogP contribution in [0.15, 0.2) is 54.6 Å². The van der Waals surface area contributed by atoms with Gasteiger partial charge in [0.15, 0.2) is 0 Å². The van der Waals surface area contributed by atoms with Gasteiger partial charge in [-0.2, -0.15) is 0 Å². The fourth-order valence-electron chi connectivity index (χ4n) is 2.43. The van der Waals surface area contributed by atoms with Gasteiger partial charge in [0, 0.05) is 0 Å². The van der Waals surface area contributed by atoms with E-state index in [1.807, 2.05) is 54.6 Å². The third-order valence-electron chi connectivity index (χ3n) is 3.47. The molecule has 2 atom stereocenters. The van der Waals surface area contributed by atoms with Crippen molar-refractivity contribution >= 4 is 5.78 Å². The summed E-state index contributed by atoms with van der Waals surface area (Å²) < 4.78 is 5.12. The zero-order valence-electron chi connectivity index (χ0n) is 10.2. The van der Waals surface area contributed by atoms with E-state index in [1.54, 1.807) is 7.11 Å². The zero-order chi connectivity index (χ0) is 12.5. The van der Waals surface area contributed by atoms with Crippen molar-refractivity contribution < 1.29 is 9.53 Å². The van der Waals surface area contributed by atoms with Crippen molar-refractivity contribution in [2.75, 3.05) is 7.11 Å². The summed E-state index contributed by atoms with van der Waals surface area (Å²) in [6, 6.07) is 17.7. The summed E-state index contributed by atoms with van der Waals surface area (Å²) in [4.78, 5) is 11.9. The number of hydrogen-bond donors (Lipinski definition) is 0. The highest BCUT2D eigenvalue weighted by atomic mass is 16.5. The predicted octanol–water partition coefficient (Wildman–Crippen LogP) is 3.15. The molecule has 0 amide bonds. The smallest absolute Gasteiger partial charge is 0.149 e. The molecule has 0 radical (unpaired) electrons. The highest BCUT2D eigenvalue weighted by Gasteiger charge is 2.50. The van der Waals surface area contributed by atoms with Gasteiger partial charge in [-0.1, -0.05) is 42.5 Å². The normalized spacial score (nSPS) is 21.7. The number of methoxy groups -OCH3 is 1. The highest BCUT2D eigenvalue weighted by molar-refractivity contribution is 6.09. The molecule has 0 aromatic heterocycles. The maximum atomic E-state index is 11.9. The Balaban J connectivity index is 1.84. The predicted molar refractivity (Wildman–Crippen MR) is 69.9 cm³/mol. The van der Waals surface area contributed by atoms with Gasteiger partial charge < -0.3 is 4.74 Å². The fraction of sp³-hybridized carbons (Fsp3) is 0.188. The molecule has 2 nitrogen and oxygen atoms in total. The number of benzene rings is 2. The van der Waals surface area contributed by atoms with E-state index in [0.29, 0.717) is 5.78 Å². The van der Waals surface area contributed by atoms with E-state index in [4.69, 9.17) is 4.74 Å². The molecule has 1 fully saturated rings. The van der Waals surface area contributed by atoms with Crippen LogP contribution in [0.2, 0.25) is 0 Å². The minimum atomic E-state index is 0.0262. The molecular weight excluding hydrogens is 224 g/mol. The Morgan fingerprint density at radius 3 is 1.94 bits per heavy atom. The SMILES string of the molecule is COc1ccc(C2C(=O)C2c2ccccc2)cc1. The molecule has 0 saturated heterocycles. The first-order valence-corrected chi connectivity index (χ1v) is 6.04. The summed E-state index contributed by atoms with van der Waals surface area (Å²) in [7, 11) is 1.64. The number of hydrogen-bond acceptors (Lipinski definition) is 2. The van der Waals surface area contributed by atoms with Gasteiger partial charge >= 0.3 is 0 Å². The molecule has 2 unspecified atom stereocenters. The van der Waals surface area contributed by atoms with Crippen molar-refractivity contribution in [3.05, 3.63) is 65.7 Å². The maximum absolute atomic E-state index is 11.9. The molecule has 90 valence electrons. The van der Waals surface area contributed by atoms with E-state index >= 15 is 0 Å². The fourth-order valence-corrected chi connectivity index (χ4v) is 2.43. The highest BCUT2D eigenvalue weighted by Crippen LogP contribution is 2.50. The van der Waals surface area contributed by atoms with Crippen LogP contribution in [0.4, 0.5) is 0 Å². The summed E-state index contributed by atoms with van der Waals surface area (Å²) in [5.41, 5.74) is 2.19. The van der Waals surface area contributed by atoms with Crippen LogP contribution in [0, 0.1) is 0 Å². The largest absolute Gasteiger partial charge is 0.497 e. The van der Waals surface area contributed by atoms with E-state index in [1.165, 1.54) is 0 Å². The van der Waals surface area contributed by atoms with Gasteiger partial charge in [-0.15, -0.1) is 0 Å². The van der Waals surface area contributed by atoms with Crippen LogP contribution in [-0.4, -0.2) is 12.9 Å². The van der Waals surface area contributed by atoms with E-state index in [2.05, 4.69) is 0 Å². The van der Waals surface area contributed by atoms with Crippen LogP contribution in [0.25, 0.3) is 0 Å². The van der Waals surface area contributed by atoms with Crippen LogP contribution >= 0.6 is 0 Å². The molecule has 0 aliphatic heterocycles. The number of ether oxygens (including phenoxy) is 1. The van der Waals surface area contributed by atoms with E-state index < -0.39 is 0 Å². The molecule has 3 rings (SSSR count). The lowest BCUT2D eigenvalue weighted by Crippen LogP contribution is -1.86. The molecule has 2 aromatic rings. The lowest BCUT2D eigenvalue weighted by Gasteiger charge is -2.01. The second kappa shape index (κ2) is 4.30. The molecule has 0 bridgehead atoms. The minimum Gasteiger partial charge on any atom is -0.497 e. The van der Waals surface area contributed by atoms with E-state index in [0.717, 1.165) is 16.9 Å². The van der Waals surface area contributed by atoms with Gasteiger partial charge in [0.25, 0.3) is 0 Å². The zero-order valence-corrected chi connectivity index (χ0v) is 10.2. The molecule has 1 aliphatic carbocycles. The number of ketones is 1. The van der Waals surface area contributed by atoms with Crippen molar-refractivity contribution in [1.82, 2.24) is 0 Å². The first-order valence-electron chi connectivity index (χ1n) is 6.04. The van der Waals surface area contributed by atoms with Crippen LogP contribution in [-0.2, 0) is 4.79 Å². The average Bonchev–Trinajstić information content (AvgIpc) is 3.11. The van der Waals surface area contributed by atoms with Crippen molar-refractivity contribution in [3.63, 3.8) is 0 Å². The van der Waals surface area contributed by atoms with Crippen molar-refractivity contribution in [3.8, 4) is 5.75 Å². The Bertz CT molecular complexity index is 557. The number of Topliss-reactive ketones (excluding diaryl/α,β-unsaturated/α-hetero) is 1. The van der Waals surface area contributed by atoms with Crippen LogP contribution < -0.4 is 4.74 Å². The second-order valence-corrected chi connectivity index (χ2v) is 4.54. The Kier molecular flexibility index (Phi) is 2.63. The maximum Gasteiger partial charge on any atom is 0.149 e. The molecule has 0 heterocycles. The average molecular weight is 238 g/mol. The second-order valence-electron chi connectivity index (χ2n) is 4.54. The molecule has 0 spiro atoms. The van der Waals surface area contributed by atoms with Gasteiger partial charge in [-0.3, -0.25) is 4.79 Å². The molecule has 2 aromatic carbocycles. The van der Waals surface area contributed by atoms with E-state index in [-0.39, 0.29) is 11.8 Å². The minimum absolute atomic E-state index is 0.0262. The van der Waals surface area contributed by atoms with Crippen LogP contribution in [0.3, 0.4) is 0 Å². The summed E-state index contributed by atoms with van der Waals surface area (Å²) in [5.74, 6) is 1.20. The Hall–Kier alpha value is -2.09. The topological polar surface area (TPSA) is 26.3 Å². The molecule has 0 N–H and O–H groups in total. The molecular formula is C16H14O2. The van der Waals surface area contributed by atoms with Crippen molar-refractivity contribution in [2.24, 2.45) is 0 Å². The van der Waals surface area contributed by atoms with Crippen molar-refractivity contribution in [1.29, 1.82) is 0 Å². The number of rotatable bonds is 3. The molecule has 18 heavy (non-hydrogen) atoms. The van der Waals surface area contributed by atoms with E-state index in [9.17, 15) is 4.79 Å². The summed E-state index contributed by atoms with van der Waals surface area (Å²) in [5, 5.41) is 0. The van der Waals surface area contributed by atoms with Gasteiger partial charge in [0.1, 0.15) is 11.5 Å². The Morgan fingerprint density at radius 1 is 0.833 bits per heavy atom.